The van der Waals surface area contributed by atoms with Gasteiger partial charge in [0.2, 0.25) is 0 Å². The first-order valence-electron chi connectivity index (χ1n) is 4.25. The van der Waals surface area contributed by atoms with Crippen molar-refractivity contribution >= 4 is 0 Å². The Balaban J connectivity index is 2.91. The molecule has 0 aliphatic rings. The largest absolute Gasteiger partial charge is 0.258 e. The lowest BCUT2D eigenvalue weighted by Crippen LogP contribution is -2.37. The fraction of sp³-hybridized carbons (Fsp3) is 0.750. The van der Waals surface area contributed by atoms with Crippen molar-refractivity contribution in [3.05, 3.63) is 12.2 Å². The number of allylic oxidation sites excluding steroid dienone is 1. The highest BCUT2D eigenvalue weighted by atomic mass is 15.5. The average molecular weight is 157 g/mol. The van der Waals surface area contributed by atoms with Gasteiger partial charge >= 0.3 is 0 Å². The molecular formula is C8H19N3. The zero-order valence-electron chi connectivity index (χ0n) is 7.27. The summed E-state index contributed by atoms with van der Waals surface area (Å²) >= 11 is 0. The van der Waals surface area contributed by atoms with Gasteiger partial charge in [0.05, 0.1) is 0 Å². The van der Waals surface area contributed by atoms with Gasteiger partial charge in [-0.3, -0.25) is 5.84 Å². The Morgan fingerprint density at radius 2 is 2.09 bits per heavy atom. The minimum Gasteiger partial charge on any atom is -0.258 e. The van der Waals surface area contributed by atoms with Gasteiger partial charge in [-0.15, -0.1) is 0 Å². The highest BCUT2D eigenvalue weighted by molar-refractivity contribution is 4.82. The second-order valence-corrected chi connectivity index (χ2v) is 2.49. The molecule has 0 bridgehead atoms. The molecule has 0 saturated heterocycles. The molecule has 0 aromatic heterocycles. The van der Waals surface area contributed by atoms with Crippen molar-refractivity contribution in [3.8, 4) is 0 Å². The molecule has 0 amide bonds. The van der Waals surface area contributed by atoms with Gasteiger partial charge in [-0.25, -0.2) is 5.43 Å². The molecule has 3 nitrogen and oxygen atoms in total. The summed E-state index contributed by atoms with van der Waals surface area (Å²) in [6.07, 6.45) is 9.35. The maximum atomic E-state index is 5.00. The SMILES string of the molecule is CCCCCC=CCNNN. The number of unbranched alkanes of at least 4 members (excludes halogenated alkanes) is 3. The lowest BCUT2D eigenvalue weighted by Gasteiger charge is -1.95. The third kappa shape index (κ3) is 9.62. The van der Waals surface area contributed by atoms with Gasteiger partial charge in [0.15, 0.2) is 0 Å². The van der Waals surface area contributed by atoms with E-state index in [-0.39, 0.29) is 0 Å². The summed E-state index contributed by atoms with van der Waals surface area (Å²) in [6.45, 7) is 3.01. The van der Waals surface area contributed by atoms with Crippen molar-refractivity contribution in [1.82, 2.24) is 11.0 Å². The summed E-state index contributed by atoms with van der Waals surface area (Å²) in [4.78, 5) is 0. The summed E-state index contributed by atoms with van der Waals surface area (Å²) < 4.78 is 0. The topological polar surface area (TPSA) is 50.1 Å². The van der Waals surface area contributed by atoms with Gasteiger partial charge < -0.3 is 0 Å². The van der Waals surface area contributed by atoms with Crippen LogP contribution in [0.25, 0.3) is 0 Å². The summed E-state index contributed by atoms with van der Waals surface area (Å²) in [5, 5.41) is 0. The van der Waals surface area contributed by atoms with Gasteiger partial charge in [-0.2, -0.15) is 5.53 Å². The van der Waals surface area contributed by atoms with Crippen molar-refractivity contribution in [2.24, 2.45) is 5.84 Å². The van der Waals surface area contributed by atoms with Crippen LogP contribution in [0.4, 0.5) is 0 Å². The molecule has 0 spiro atoms. The number of hydrogen-bond donors (Lipinski definition) is 3. The molecule has 0 saturated carbocycles. The minimum absolute atomic E-state index is 0.794. The van der Waals surface area contributed by atoms with Crippen LogP contribution in [0.2, 0.25) is 0 Å². The van der Waals surface area contributed by atoms with Gasteiger partial charge in [0, 0.05) is 6.54 Å². The quantitative estimate of drug-likeness (QED) is 0.224. The van der Waals surface area contributed by atoms with E-state index in [1.165, 1.54) is 25.7 Å². The lowest BCUT2D eigenvalue weighted by atomic mass is 10.2. The Bertz CT molecular complexity index is 91.3. The number of rotatable bonds is 7. The van der Waals surface area contributed by atoms with Crippen molar-refractivity contribution < 1.29 is 0 Å². The normalized spacial score (nSPS) is 11.1. The number of hydrazine groups is 2. The second kappa shape index (κ2) is 9.62. The van der Waals surface area contributed by atoms with E-state index in [9.17, 15) is 0 Å². The molecule has 11 heavy (non-hydrogen) atoms. The number of nitrogens with two attached hydrogens (primary N) is 1. The van der Waals surface area contributed by atoms with Gasteiger partial charge in [-0.05, 0) is 12.8 Å². The standard InChI is InChI=1S/C8H19N3/c1-2-3-4-5-6-7-8-10-11-9/h6-7,10-11H,2-5,8-9H2,1H3. The fourth-order valence-corrected chi connectivity index (χ4v) is 0.831. The highest BCUT2D eigenvalue weighted by Crippen LogP contribution is 1.98. The molecule has 0 atom stereocenters. The number of hydrogen-bond acceptors (Lipinski definition) is 3. The van der Waals surface area contributed by atoms with E-state index in [1.54, 1.807) is 0 Å². The highest BCUT2D eigenvalue weighted by Gasteiger charge is 1.80. The molecule has 0 aliphatic heterocycles. The third-order valence-corrected chi connectivity index (χ3v) is 1.46. The van der Waals surface area contributed by atoms with Crippen molar-refractivity contribution in [1.29, 1.82) is 0 Å². The monoisotopic (exact) mass is 157 g/mol. The third-order valence-electron chi connectivity index (χ3n) is 1.46. The molecule has 0 rings (SSSR count). The van der Waals surface area contributed by atoms with Crippen LogP contribution in [0.5, 0.6) is 0 Å². The molecule has 4 N–H and O–H groups in total. The van der Waals surface area contributed by atoms with E-state index in [4.69, 9.17) is 5.84 Å². The first-order valence-corrected chi connectivity index (χ1v) is 4.25. The maximum absolute atomic E-state index is 5.00. The molecule has 0 aromatic rings. The van der Waals surface area contributed by atoms with Gasteiger partial charge in [0.1, 0.15) is 0 Å². The van der Waals surface area contributed by atoms with E-state index < -0.39 is 0 Å². The Morgan fingerprint density at radius 1 is 1.27 bits per heavy atom. The molecule has 0 radical (unpaired) electrons. The van der Waals surface area contributed by atoms with Crippen molar-refractivity contribution in [2.75, 3.05) is 6.54 Å². The minimum atomic E-state index is 0.794. The Labute approximate surface area is 69.0 Å². The molecule has 0 unspecified atom stereocenters. The second-order valence-electron chi connectivity index (χ2n) is 2.49. The molecular weight excluding hydrogens is 138 g/mol. The van der Waals surface area contributed by atoms with E-state index >= 15 is 0 Å². The smallest absolute Gasteiger partial charge is 0.0294 e. The van der Waals surface area contributed by atoms with Gasteiger partial charge in [0.25, 0.3) is 0 Å². The van der Waals surface area contributed by atoms with E-state index in [0.717, 1.165) is 6.54 Å². The van der Waals surface area contributed by atoms with Crippen LogP contribution in [-0.2, 0) is 0 Å². The fourth-order valence-electron chi connectivity index (χ4n) is 0.831. The predicted octanol–water partition coefficient (Wildman–Crippen LogP) is 1.09. The summed E-state index contributed by atoms with van der Waals surface area (Å²) in [5.41, 5.74) is 5.15. The zero-order chi connectivity index (χ0) is 8.36. The summed E-state index contributed by atoms with van der Waals surface area (Å²) in [7, 11) is 0. The molecule has 3 heteroatoms. The first-order chi connectivity index (χ1) is 5.41. The van der Waals surface area contributed by atoms with Crippen LogP contribution >= 0.6 is 0 Å². The molecule has 0 aromatic carbocycles. The lowest BCUT2D eigenvalue weighted by molar-refractivity contribution is 0.594. The molecule has 0 aliphatic carbocycles. The van der Waals surface area contributed by atoms with Crippen LogP contribution in [0.3, 0.4) is 0 Å². The van der Waals surface area contributed by atoms with Crippen LogP contribution in [0.15, 0.2) is 12.2 Å². The van der Waals surface area contributed by atoms with Crippen LogP contribution in [0.1, 0.15) is 32.6 Å². The van der Waals surface area contributed by atoms with Crippen LogP contribution in [0, 0.1) is 0 Å². The Hall–Kier alpha value is -0.380. The molecule has 0 fully saturated rings. The predicted molar refractivity (Wildman–Crippen MR) is 48.6 cm³/mol. The average Bonchev–Trinajstić information content (AvgIpc) is 2.03. The Kier molecular flexibility index (Phi) is 9.29. The Morgan fingerprint density at radius 3 is 2.73 bits per heavy atom. The van der Waals surface area contributed by atoms with E-state index in [0.29, 0.717) is 0 Å². The van der Waals surface area contributed by atoms with Crippen LogP contribution < -0.4 is 16.8 Å². The molecule has 0 heterocycles. The summed E-state index contributed by atoms with van der Waals surface area (Å²) in [6, 6.07) is 0. The molecule has 66 valence electrons. The van der Waals surface area contributed by atoms with Crippen LogP contribution in [-0.4, -0.2) is 6.54 Å². The number of nitrogens with one attached hydrogen (secondary N) is 2. The van der Waals surface area contributed by atoms with Crippen molar-refractivity contribution in [3.63, 3.8) is 0 Å². The summed E-state index contributed by atoms with van der Waals surface area (Å²) in [5.74, 6) is 5.00. The van der Waals surface area contributed by atoms with E-state index in [1.807, 2.05) is 0 Å². The van der Waals surface area contributed by atoms with Crippen molar-refractivity contribution in [2.45, 2.75) is 32.6 Å². The van der Waals surface area contributed by atoms with Gasteiger partial charge in [-0.1, -0.05) is 31.9 Å². The van der Waals surface area contributed by atoms with E-state index in [2.05, 4.69) is 30.0 Å². The maximum Gasteiger partial charge on any atom is 0.0294 e. The zero-order valence-corrected chi connectivity index (χ0v) is 7.27. The first kappa shape index (κ1) is 10.6.